The number of hydrogen-bond donors (Lipinski definition) is 0. The van der Waals surface area contributed by atoms with Gasteiger partial charge in [0.2, 0.25) is 6.29 Å². The number of fused-ring (bicyclic) bond motifs is 5. The molecule has 8 nitrogen and oxygen atoms in total. The summed E-state index contributed by atoms with van der Waals surface area (Å²) in [5.41, 5.74) is -3.73. The molecule has 3 saturated heterocycles. The Morgan fingerprint density at radius 1 is 0.941 bits per heavy atom. The zero-order valence-corrected chi connectivity index (χ0v) is 20.7. The molecule has 5 rings (SSSR count). The second kappa shape index (κ2) is 7.00. The highest BCUT2D eigenvalue weighted by molar-refractivity contribution is 5.93. The lowest BCUT2D eigenvalue weighted by molar-refractivity contribution is -0.232. The minimum absolute atomic E-state index is 0.00583. The summed E-state index contributed by atoms with van der Waals surface area (Å²) in [6.45, 7) is 14.5. The largest absolute Gasteiger partial charge is 0.461 e. The van der Waals surface area contributed by atoms with Crippen molar-refractivity contribution in [1.82, 2.24) is 0 Å². The van der Waals surface area contributed by atoms with Crippen molar-refractivity contribution in [2.45, 2.75) is 91.5 Å². The van der Waals surface area contributed by atoms with Gasteiger partial charge in [0.05, 0.1) is 23.0 Å². The van der Waals surface area contributed by atoms with E-state index >= 15 is 0 Å². The van der Waals surface area contributed by atoms with Crippen LogP contribution in [0.25, 0.3) is 0 Å². The minimum Gasteiger partial charge on any atom is -0.461 e. The molecule has 2 saturated carbocycles. The third-order valence-electron chi connectivity index (χ3n) is 8.55. The molecule has 5 fully saturated rings. The third kappa shape index (κ3) is 2.84. The first kappa shape index (κ1) is 23.7. The lowest BCUT2D eigenvalue weighted by Gasteiger charge is -2.54. The molecule has 0 spiro atoms. The molecule has 5 aliphatic rings. The number of carbonyl (C=O) groups excluding carboxylic acids is 4. The summed E-state index contributed by atoms with van der Waals surface area (Å²) >= 11 is 0. The van der Waals surface area contributed by atoms with Gasteiger partial charge in [0, 0.05) is 30.1 Å². The smallest absolute Gasteiger partial charge is 0.313 e. The van der Waals surface area contributed by atoms with E-state index in [1.165, 1.54) is 0 Å². The van der Waals surface area contributed by atoms with Gasteiger partial charge < -0.3 is 18.9 Å². The van der Waals surface area contributed by atoms with Crippen LogP contribution in [0.15, 0.2) is 12.7 Å². The summed E-state index contributed by atoms with van der Waals surface area (Å²) in [5, 5.41) is 0. The second-order valence-electron chi connectivity index (χ2n) is 12.7. The maximum Gasteiger partial charge on any atom is 0.313 e. The van der Waals surface area contributed by atoms with Crippen molar-refractivity contribution in [3.63, 3.8) is 0 Å². The summed E-state index contributed by atoms with van der Waals surface area (Å²) in [4.78, 5) is 52.4. The molecular weight excluding hydrogens is 440 g/mol. The molecule has 3 heterocycles. The van der Waals surface area contributed by atoms with Gasteiger partial charge in [-0.25, -0.2) is 0 Å². The first-order valence-corrected chi connectivity index (χ1v) is 12.1. The molecule has 0 unspecified atom stereocenters. The number of ether oxygens (including phenoxy) is 4. The predicted octanol–water partition coefficient (Wildman–Crippen LogP) is 2.77. The van der Waals surface area contributed by atoms with Crippen LogP contribution in [0.5, 0.6) is 0 Å². The van der Waals surface area contributed by atoms with Crippen LogP contribution < -0.4 is 0 Å². The molecule has 2 aliphatic carbocycles. The minimum atomic E-state index is -1.33. The Balaban J connectivity index is 1.63. The number of ketones is 2. The van der Waals surface area contributed by atoms with Crippen LogP contribution in [-0.2, 0) is 38.1 Å². The van der Waals surface area contributed by atoms with Gasteiger partial charge in [-0.3, -0.25) is 19.2 Å². The molecule has 4 bridgehead atoms. The van der Waals surface area contributed by atoms with Crippen LogP contribution in [0.1, 0.15) is 60.8 Å². The van der Waals surface area contributed by atoms with E-state index in [4.69, 9.17) is 18.9 Å². The number of carbonyl (C=O) groups is 4. The molecule has 0 aromatic heterocycles. The SMILES string of the molecule is C=C[C@@]12C[C@H](OC(=O)C(C)(C)C)[C@@]34C(=O)C[C@@H](O[C@H]3OC(=O)C(C)(C)C)[C@H]4[C@@H]1[C@H]1CC(=O)[C@@H]2O1. The van der Waals surface area contributed by atoms with E-state index in [-0.39, 0.29) is 42.9 Å². The van der Waals surface area contributed by atoms with Crippen LogP contribution in [0, 0.1) is 33.5 Å². The van der Waals surface area contributed by atoms with E-state index in [1.807, 2.05) is 0 Å². The Morgan fingerprint density at radius 3 is 2.12 bits per heavy atom. The van der Waals surface area contributed by atoms with Crippen molar-refractivity contribution in [1.29, 1.82) is 0 Å². The van der Waals surface area contributed by atoms with Crippen molar-refractivity contribution in [3.8, 4) is 0 Å². The Morgan fingerprint density at radius 2 is 1.53 bits per heavy atom. The van der Waals surface area contributed by atoms with Crippen molar-refractivity contribution < 1.29 is 38.1 Å². The molecule has 0 radical (unpaired) electrons. The maximum absolute atomic E-state index is 13.7. The number of Topliss-reactive ketones (excluding diaryl/α,β-unsaturated/α-hetero) is 2. The summed E-state index contributed by atoms with van der Waals surface area (Å²) < 4.78 is 24.3. The number of esters is 2. The lowest BCUT2D eigenvalue weighted by Crippen LogP contribution is -2.64. The molecule has 8 heteroatoms. The molecule has 3 aliphatic heterocycles. The van der Waals surface area contributed by atoms with E-state index in [0.717, 1.165) is 0 Å². The molecule has 0 aromatic carbocycles. The van der Waals surface area contributed by atoms with Crippen LogP contribution in [-0.4, -0.2) is 54.2 Å². The fourth-order valence-corrected chi connectivity index (χ4v) is 6.98. The van der Waals surface area contributed by atoms with E-state index in [9.17, 15) is 19.2 Å². The van der Waals surface area contributed by atoms with Gasteiger partial charge in [0.15, 0.2) is 11.6 Å². The topological polar surface area (TPSA) is 105 Å². The monoisotopic (exact) mass is 474 g/mol. The Labute approximate surface area is 199 Å². The molecule has 0 N–H and O–H groups in total. The molecule has 34 heavy (non-hydrogen) atoms. The van der Waals surface area contributed by atoms with Crippen molar-refractivity contribution >= 4 is 23.5 Å². The van der Waals surface area contributed by atoms with E-state index in [2.05, 4.69) is 6.58 Å². The van der Waals surface area contributed by atoms with Gasteiger partial charge in [-0.15, -0.1) is 6.58 Å². The summed E-state index contributed by atoms with van der Waals surface area (Å²) in [6, 6.07) is 0. The Kier molecular flexibility index (Phi) is 4.87. The highest BCUT2D eigenvalue weighted by Crippen LogP contribution is 2.71. The molecule has 0 aromatic rings. The van der Waals surface area contributed by atoms with E-state index in [1.54, 1.807) is 47.6 Å². The van der Waals surface area contributed by atoms with Gasteiger partial charge in [-0.2, -0.15) is 0 Å². The molecule has 9 atom stereocenters. The van der Waals surface area contributed by atoms with Crippen molar-refractivity contribution in [2.75, 3.05) is 0 Å². The quantitative estimate of drug-likeness (QED) is 0.454. The lowest BCUT2D eigenvalue weighted by atomic mass is 9.48. The van der Waals surface area contributed by atoms with Gasteiger partial charge in [0.1, 0.15) is 17.6 Å². The van der Waals surface area contributed by atoms with Crippen molar-refractivity contribution in [3.05, 3.63) is 12.7 Å². The van der Waals surface area contributed by atoms with Gasteiger partial charge in [0.25, 0.3) is 0 Å². The maximum atomic E-state index is 13.7. The van der Waals surface area contributed by atoms with E-state index < -0.39 is 64.1 Å². The van der Waals surface area contributed by atoms with E-state index in [0.29, 0.717) is 0 Å². The average Bonchev–Trinajstić information content (AvgIpc) is 3.41. The van der Waals surface area contributed by atoms with Crippen LogP contribution in [0.4, 0.5) is 0 Å². The Hall–Kier alpha value is -2.06. The second-order valence-corrected chi connectivity index (χ2v) is 12.7. The van der Waals surface area contributed by atoms with Crippen LogP contribution >= 0.6 is 0 Å². The highest BCUT2D eigenvalue weighted by atomic mass is 16.7. The van der Waals surface area contributed by atoms with Gasteiger partial charge in [-0.05, 0) is 48.0 Å². The zero-order chi connectivity index (χ0) is 25.0. The highest BCUT2D eigenvalue weighted by Gasteiger charge is 2.82. The molecular formula is C26H34O8. The number of hydrogen-bond acceptors (Lipinski definition) is 8. The molecule has 0 amide bonds. The van der Waals surface area contributed by atoms with Crippen LogP contribution in [0.3, 0.4) is 0 Å². The zero-order valence-electron chi connectivity index (χ0n) is 20.7. The van der Waals surface area contributed by atoms with Crippen molar-refractivity contribution in [2.24, 2.45) is 33.5 Å². The first-order chi connectivity index (χ1) is 15.7. The fraction of sp³-hybridized carbons (Fsp3) is 0.769. The summed E-state index contributed by atoms with van der Waals surface area (Å²) in [5.74, 6) is -1.71. The van der Waals surface area contributed by atoms with Gasteiger partial charge >= 0.3 is 11.9 Å². The standard InChI is InChI=1S/C26H34O8/c1-8-25-11-16(33-20(29)23(2,3)4)26-15(28)10-14(32-22(26)34-21(30)24(5,6)7)18(26)17(25)13-9-12(27)19(25)31-13/h8,13-14,16-19,22H,1,9-11H2,2-7H3/t13-,14-,16+,17+,18+,19+,22+,25-,26-/m1/s1. The van der Waals surface area contributed by atoms with Crippen LogP contribution in [0.2, 0.25) is 0 Å². The van der Waals surface area contributed by atoms with Gasteiger partial charge in [-0.1, -0.05) is 6.08 Å². The number of rotatable bonds is 3. The third-order valence-corrected chi connectivity index (χ3v) is 8.55. The average molecular weight is 475 g/mol. The summed E-state index contributed by atoms with van der Waals surface area (Å²) in [7, 11) is 0. The molecule has 186 valence electrons. The normalized spacial score (nSPS) is 44.6. The first-order valence-electron chi connectivity index (χ1n) is 12.1. The fourth-order valence-electron chi connectivity index (χ4n) is 6.98. The predicted molar refractivity (Wildman–Crippen MR) is 118 cm³/mol. The summed E-state index contributed by atoms with van der Waals surface area (Å²) in [6.07, 6.45) is -1.29. The Bertz CT molecular complexity index is 986.